The molecule has 0 aromatic carbocycles. The van der Waals surface area contributed by atoms with Gasteiger partial charge in [0.25, 0.3) is 0 Å². The average molecular weight is 128 g/mol. The lowest BCUT2D eigenvalue weighted by Gasteiger charge is -2.24. The minimum Gasteiger partial charge on any atom is -0.322 e. The van der Waals surface area contributed by atoms with Gasteiger partial charge in [-0.3, -0.25) is 5.01 Å². The number of hydrogen-bond donors (Lipinski definition) is 2. The lowest BCUT2D eigenvalue weighted by atomic mass is 10.1. The van der Waals surface area contributed by atoms with Gasteiger partial charge in [-0.05, 0) is 12.8 Å². The Hall–Kier alpha value is -0.770. The number of piperidine rings is 1. The maximum Gasteiger partial charge on any atom is 0.138 e. The van der Waals surface area contributed by atoms with Crippen molar-refractivity contribution >= 4 is 5.84 Å². The summed E-state index contributed by atoms with van der Waals surface area (Å²) < 4.78 is 0. The van der Waals surface area contributed by atoms with Crippen molar-refractivity contribution < 1.29 is 0 Å². The lowest BCUT2D eigenvalue weighted by molar-refractivity contribution is 0.383. The summed E-state index contributed by atoms with van der Waals surface area (Å²) in [4.78, 5) is 0. The van der Waals surface area contributed by atoms with E-state index in [9.17, 15) is 0 Å². The third-order valence-corrected chi connectivity index (χ3v) is 1.53. The van der Waals surface area contributed by atoms with Gasteiger partial charge in [0.15, 0.2) is 0 Å². The van der Waals surface area contributed by atoms with Gasteiger partial charge in [-0.2, -0.15) is 5.10 Å². The average Bonchev–Trinajstić information content (AvgIpc) is 1.89. The topological polar surface area (TPSA) is 67.6 Å². The SMILES string of the molecule is N/N=C1/CCCCN1N. The molecule has 0 bridgehead atoms. The van der Waals surface area contributed by atoms with Crippen LogP contribution in [0, 0.1) is 0 Å². The maximum absolute atomic E-state index is 5.51. The van der Waals surface area contributed by atoms with Crippen molar-refractivity contribution in [3.05, 3.63) is 0 Å². The fourth-order valence-electron chi connectivity index (χ4n) is 0.977. The molecule has 1 fully saturated rings. The Bertz CT molecular complexity index is 120. The summed E-state index contributed by atoms with van der Waals surface area (Å²) in [6.07, 6.45) is 3.23. The van der Waals surface area contributed by atoms with Crippen LogP contribution in [0.4, 0.5) is 0 Å². The Labute approximate surface area is 54.5 Å². The number of hydrazine groups is 1. The minimum absolute atomic E-state index is 0.821. The van der Waals surface area contributed by atoms with E-state index < -0.39 is 0 Å². The first-order chi connectivity index (χ1) is 4.34. The third kappa shape index (κ3) is 1.32. The monoisotopic (exact) mass is 128 g/mol. The Morgan fingerprint density at radius 2 is 2.22 bits per heavy atom. The molecule has 0 aromatic rings. The molecule has 0 radical (unpaired) electrons. The molecule has 9 heavy (non-hydrogen) atoms. The molecule has 1 saturated heterocycles. The number of amidine groups is 1. The summed E-state index contributed by atoms with van der Waals surface area (Å²) in [5.74, 6) is 11.4. The standard InChI is InChI=1S/C5H12N4/c6-8-5-3-1-2-4-9(5)7/h1-4,6-7H2/b8-5-. The fraction of sp³-hybridized carbons (Fsp3) is 0.800. The van der Waals surface area contributed by atoms with E-state index in [0.717, 1.165) is 31.6 Å². The molecule has 4 heteroatoms. The molecule has 4 nitrogen and oxygen atoms in total. The van der Waals surface area contributed by atoms with Crippen LogP contribution in [0.2, 0.25) is 0 Å². The number of nitrogens with two attached hydrogens (primary N) is 2. The van der Waals surface area contributed by atoms with Crippen molar-refractivity contribution in [2.75, 3.05) is 6.54 Å². The molecular weight excluding hydrogens is 116 g/mol. The first-order valence-electron chi connectivity index (χ1n) is 3.13. The van der Waals surface area contributed by atoms with Crippen LogP contribution in [-0.2, 0) is 0 Å². The fourth-order valence-corrected chi connectivity index (χ4v) is 0.977. The van der Waals surface area contributed by atoms with Crippen LogP contribution in [0.15, 0.2) is 5.10 Å². The summed E-state index contributed by atoms with van der Waals surface area (Å²) >= 11 is 0. The van der Waals surface area contributed by atoms with E-state index in [2.05, 4.69) is 5.10 Å². The van der Waals surface area contributed by atoms with Crippen LogP contribution in [0.1, 0.15) is 19.3 Å². The summed E-state index contributed by atoms with van der Waals surface area (Å²) in [5, 5.41) is 5.16. The molecule has 0 saturated carbocycles. The second kappa shape index (κ2) is 2.68. The van der Waals surface area contributed by atoms with E-state index >= 15 is 0 Å². The Morgan fingerprint density at radius 3 is 2.67 bits per heavy atom. The number of hydrogen-bond acceptors (Lipinski definition) is 3. The van der Waals surface area contributed by atoms with Gasteiger partial charge in [-0.25, -0.2) is 5.84 Å². The second-order valence-electron chi connectivity index (χ2n) is 2.20. The van der Waals surface area contributed by atoms with E-state index in [0.29, 0.717) is 0 Å². The Balaban J connectivity index is 2.49. The van der Waals surface area contributed by atoms with Crippen LogP contribution < -0.4 is 11.7 Å². The molecule has 1 aliphatic rings. The van der Waals surface area contributed by atoms with Gasteiger partial charge in [-0.15, -0.1) is 0 Å². The zero-order chi connectivity index (χ0) is 6.69. The van der Waals surface area contributed by atoms with Crippen molar-refractivity contribution in [2.24, 2.45) is 16.8 Å². The molecule has 1 rings (SSSR count). The molecule has 0 atom stereocenters. The molecule has 52 valence electrons. The first-order valence-corrected chi connectivity index (χ1v) is 3.13. The highest BCUT2D eigenvalue weighted by Crippen LogP contribution is 2.06. The Morgan fingerprint density at radius 1 is 1.44 bits per heavy atom. The van der Waals surface area contributed by atoms with Crippen molar-refractivity contribution in [3.63, 3.8) is 0 Å². The van der Waals surface area contributed by atoms with E-state index in [1.165, 1.54) is 0 Å². The van der Waals surface area contributed by atoms with Gasteiger partial charge in [0.05, 0.1) is 0 Å². The highest BCUT2D eigenvalue weighted by atomic mass is 15.4. The number of hydrazone groups is 1. The molecule has 0 aliphatic carbocycles. The van der Waals surface area contributed by atoms with Crippen molar-refractivity contribution in [2.45, 2.75) is 19.3 Å². The Kier molecular flexibility index (Phi) is 1.89. The second-order valence-corrected chi connectivity index (χ2v) is 2.20. The highest BCUT2D eigenvalue weighted by Gasteiger charge is 2.11. The molecule has 4 N–H and O–H groups in total. The lowest BCUT2D eigenvalue weighted by Crippen LogP contribution is -2.41. The molecule has 0 aromatic heterocycles. The summed E-state index contributed by atoms with van der Waals surface area (Å²) in [7, 11) is 0. The smallest absolute Gasteiger partial charge is 0.138 e. The van der Waals surface area contributed by atoms with Crippen molar-refractivity contribution in [3.8, 4) is 0 Å². The molecule has 0 unspecified atom stereocenters. The zero-order valence-corrected chi connectivity index (χ0v) is 5.38. The van der Waals surface area contributed by atoms with Gasteiger partial charge in [0.2, 0.25) is 0 Å². The molecule has 1 heterocycles. The van der Waals surface area contributed by atoms with Crippen LogP contribution in [0.25, 0.3) is 0 Å². The van der Waals surface area contributed by atoms with Crippen LogP contribution in [-0.4, -0.2) is 17.4 Å². The third-order valence-electron chi connectivity index (χ3n) is 1.53. The highest BCUT2D eigenvalue weighted by molar-refractivity contribution is 5.81. The molecular formula is C5H12N4. The molecule has 0 spiro atoms. The largest absolute Gasteiger partial charge is 0.322 e. The van der Waals surface area contributed by atoms with E-state index in [1.807, 2.05) is 0 Å². The first kappa shape index (κ1) is 6.35. The van der Waals surface area contributed by atoms with Crippen LogP contribution in [0.5, 0.6) is 0 Å². The van der Waals surface area contributed by atoms with Gasteiger partial charge < -0.3 is 5.84 Å². The predicted octanol–water partition coefficient (Wildman–Crippen LogP) is -0.382. The van der Waals surface area contributed by atoms with Crippen LogP contribution >= 0.6 is 0 Å². The quantitative estimate of drug-likeness (QED) is 0.345. The zero-order valence-electron chi connectivity index (χ0n) is 5.38. The van der Waals surface area contributed by atoms with Crippen molar-refractivity contribution in [1.82, 2.24) is 5.01 Å². The minimum atomic E-state index is 0.821. The van der Waals surface area contributed by atoms with E-state index in [1.54, 1.807) is 5.01 Å². The maximum atomic E-state index is 5.51. The summed E-state index contributed by atoms with van der Waals surface area (Å²) in [6, 6.07) is 0. The molecule has 0 amide bonds. The summed E-state index contributed by atoms with van der Waals surface area (Å²) in [5.41, 5.74) is 0. The van der Waals surface area contributed by atoms with E-state index in [-0.39, 0.29) is 0 Å². The number of nitrogens with zero attached hydrogens (tertiary/aromatic N) is 2. The van der Waals surface area contributed by atoms with Gasteiger partial charge >= 0.3 is 0 Å². The van der Waals surface area contributed by atoms with Gasteiger partial charge in [-0.1, -0.05) is 0 Å². The van der Waals surface area contributed by atoms with Gasteiger partial charge in [0, 0.05) is 13.0 Å². The van der Waals surface area contributed by atoms with Crippen LogP contribution in [0.3, 0.4) is 0 Å². The van der Waals surface area contributed by atoms with Crippen molar-refractivity contribution in [1.29, 1.82) is 0 Å². The van der Waals surface area contributed by atoms with Gasteiger partial charge in [0.1, 0.15) is 5.84 Å². The molecule has 1 aliphatic heterocycles. The number of rotatable bonds is 0. The normalized spacial score (nSPS) is 25.0. The predicted molar refractivity (Wildman–Crippen MR) is 36.4 cm³/mol. The van der Waals surface area contributed by atoms with E-state index in [4.69, 9.17) is 11.7 Å². The summed E-state index contributed by atoms with van der Waals surface area (Å²) in [6.45, 7) is 0.885.